The van der Waals surface area contributed by atoms with Gasteiger partial charge in [0.1, 0.15) is 0 Å². The fraction of sp³-hybridized carbons (Fsp3) is 0.500. The van der Waals surface area contributed by atoms with E-state index in [1.54, 1.807) is 7.11 Å². The van der Waals surface area contributed by atoms with Crippen LogP contribution < -0.4 is 10.6 Å². The molecule has 0 bridgehead atoms. The first kappa shape index (κ1) is 14.9. The maximum atomic E-state index is 5.29. The van der Waals surface area contributed by atoms with Crippen molar-refractivity contribution in [3.8, 4) is 0 Å². The molecule has 0 amide bonds. The summed E-state index contributed by atoms with van der Waals surface area (Å²) in [5.41, 5.74) is 3.63. The van der Waals surface area contributed by atoms with Gasteiger partial charge in [-0.25, -0.2) is 0 Å². The lowest BCUT2D eigenvalue weighted by atomic mass is 10.1. The van der Waals surface area contributed by atoms with Gasteiger partial charge >= 0.3 is 0 Å². The van der Waals surface area contributed by atoms with Gasteiger partial charge < -0.3 is 15.4 Å². The van der Waals surface area contributed by atoms with Crippen LogP contribution in [0.4, 0.5) is 5.69 Å². The van der Waals surface area contributed by atoms with Crippen LogP contribution in [0.2, 0.25) is 0 Å². The molecule has 2 N–H and O–H groups in total. The lowest BCUT2D eigenvalue weighted by molar-refractivity contribution is 0.196. The molecule has 3 nitrogen and oxygen atoms in total. The number of para-hydroxylation sites is 1. The van der Waals surface area contributed by atoms with Gasteiger partial charge in [0.25, 0.3) is 0 Å². The third-order valence-corrected chi connectivity index (χ3v) is 3.04. The topological polar surface area (TPSA) is 33.3 Å². The monoisotopic (exact) mass is 266 g/mol. The molecule has 0 saturated heterocycles. The van der Waals surface area contributed by atoms with E-state index >= 15 is 0 Å². The molecule has 0 heterocycles. The third-order valence-electron chi connectivity index (χ3n) is 2.79. The molecule has 0 atom stereocenters. The summed E-state index contributed by atoms with van der Waals surface area (Å²) in [5.74, 6) is 0. The smallest absolute Gasteiger partial charge is 0.170 e. The number of rotatable bonds is 6. The van der Waals surface area contributed by atoms with E-state index in [1.165, 1.54) is 11.1 Å². The predicted molar refractivity (Wildman–Crippen MR) is 81.3 cm³/mol. The molecule has 1 aromatic rings. The highest BCUT2D eigenvalue weighted by molar-refractivity contribution is 7.80. The highest BCUT2D eigenvalue weighted by Crippen LogP contribution is 2.20. The quantitative estimate of drug-likeness (QED) is 0.613. The van der Waals surface area contributed by atoms with Crippen molar-refractivity contribution < 1.29 is 4.74 Å². The van der Waals surface area contributed by atoms with Gasteiger partial charge in [-0.1, -0.05) is 25.1 Å². The fourth-order valence-electron chi connectivity index (χ4n) is 1.78. The molecule has 1 aromatic carbocycles. The minimum atomic E-state index is 0.676. The highest BCUT2D eigenvalue weighted by atomic mass is 32.1. The van der Waals surface area contributed by atoms with Gasteiger partial charge in [-0.05, 0) is 43.1 Å². The van der Waals surface area contributed by atoms with Gasteiger partial charge in [-0.2, -0.15) is 0 Å². The molecule has 0 aliphatic carbocycles. The molecule has 18 heavy (non-hydrogen) atoms. The lowest BCUT2D eigenvalue weighted by Gasteiger charge is -2.15. The normalized spacial score (nSPS) is 10.2. The number of ether oxygens (including phenoxy) is 1. The number of aryl methyl sites for hydroxylation is 2. The van der Waals surface area contributed by atoms with E-state index in [1.807, 2.05) is 0 Å². The first-order valence-electron chi connectivity index (χ1n) is 6.31. The van der Waals surface area contributed by atoms with Gasteiger partial charge in [-0.3, -0.25) is 0 Å². The van der Waals surface area contributed by atoms with E-state index in [0.29, 0.717) is 5.11 Å². The minimum absolute atomic E-state index is 0.676. The minimum Gasteiger partial charge on any atom is -0.385 e. The van der Waals surface area contributed by atoms with Crippen molar-refractivity contribution in [3.63, 3.8) is 0 Å². The van der Waals surface area contributed by atoms with Crippen molar-refractivity contribution in [2.75, 3.05) is 25.6 Å². The van der Waals surface area contributed by atoms with E-state index in [-0.39, 0.29) is 0 Å². The highest BCUT2D eigenvalue weighted by Gasteiger charge is 2.05. The number of benzene rings is 1. The first-order valence-corrected chi connectivity index (χ1v) is 6.72. The van der Waals surface area contributed by atoms with E-state index in [9.17, 15) is 0 Å². The Hall–Kier alpha value is -1.13. The molecule has 1 rings (SSSR count). The standard InChI is InChI=1S/C14H22N2OS/c1-4-12-8-5-7-11(2)13(12)16-14(18)15-9-6-10-17-3/h5,7-8H,4,6,9-10H2,1-3H3,(H2,15,16,18). The molecular formula is C14H22N2OS. The van der Waals surface area contributed by atoms with Gasteiger partial charge in [0.05, 0.1) is 0 Å². The SMILES string of the molecule is CCc1cccc(C)c1NC(=S)NCCCOC. The summed E-state index contributed by atoms with van der Waals surface area (Å²) < 4.78 is 4.99. The molecule has 0 fully saturated rings. The summed E-state index contributed by atoms with van der Waals surface area (Å²) in [6, 6.07) is 6.30. The molecular weight excluding hydrogens is 244 g/mol. The molecule has 0 aliphatic rings. The second-order valence-corrected chi connectivity index (χ2v) is 4.60. The van der Waals surface area contributed by atoms with Gasteiger partial charge in [0, 0.05) is 25.9 Å². The van der Waals surface area contributed by atoms with Crippen molar-refractivity contribution in [2.24, 2.45) is 0 Å². The zero-order chi connectivity index (χ0) is 13.4. The van der Waals surface area contributed by atoms with Crippen LogP contribution >= 0.6 is 12.2 Å². The Morgan fingerprint density at radius 3 is 2.83 bits per heavy atom. The second-order valence-electron chi connectivity index (χ2n) is 4.19. The van der Waals surface area contributed by atoms with Crippen LogP contribution in [0.5, 0.6) is 0 Å². The van der Waals surface area contributed by atoms with E-state index in [4.69, 9.17) is 17.0 Å². The number of methoxy groups -OCH3 is 1. The third kappa shape index (κ3) is 4.63. The van der Waals surface area contributed by atoms with Crippen LogP contribution in [0.25, 0.3) is 0 Å². The van der Waals surface area contributed by atoms with Crippen molar-refractivity contribution in [2.45, 2.75) is 26.7 Å². The lowest BCUT2D eigenvalue weighted by Crippen LogP contribution is -2.30. The molecule has 0 radical (unpaired) electrons. The summed E-state index contributed by atoms with van der Waals surface area (Å²) >= 11 is 5.29. The van der Waals surface area contributed by atoms with E-state index in [2.05, 4.69) is 42.7 Å². The Morgan fingerprint density at radius 1 is 1.39 bits per heavy atom. The van der Waals surface area contributed by atoms with Crippen LogP contribution in [0, 0.1) is 6.92 Å². The van der Waals surface area contributed by atoms with Crippen molar-refractivity contribution in [3.05, 3.63) is 29.3 Å². The Kier molecular flexibility index (Phi) is 6.68. The van der Waals surface area contributed by atoms with E-state index < -0.39 is 0 Å². The summed E-state index contributed by atoms with van der Waals surface area (Å²) in [7, 11) is 1.71. The summed E-state index contributed by atoms with van der Waals surface area (Å²) in [6.07, 6.45) is 1.95. The molecule has 0 unspecified atom stereocenters. The fourth-order valence-corrected chi connectivity index (χ4v) is 1.98. The van der Waals surface area contributed by atoms with E-state index in [0.717, 1.165) is 31.7 Å². The zero-order valence-electron chi connectivity index (χ0n) is 11.4. The number of hydrogen-bond acceptors (Lipinski definition) is 2. The van der Waals surface area contributed by atoms with Crippen molar-refractivity contribution >= 4 is 23.0 Å². The average Bonchev–Trinajstić information content (AvgIpc) is 2.37. The molecule has 0 aliphatic heterocycles. The number of anilines is 1. The van der Waals surface area contributed by atoms with Gasteiger partial charge in [0.2, 0.25) is 0 Å². The molecule has 4 heteroatoms. The molecule has 0 saturated carbocycles. The number of nitrogens with one attached hydrogen (secondary N) is 2. The Labute approximate surface area is 115 Å². The van der Waals surface area contributed by atoms with Crippen LogP contribution in [0.3, 0.4) is 0 Å². The Morgan fingerprint density at radius 2 is 2.17 bits per heavy atom. The Balaban J connectivity index is 2.53. The summed E-state index contributed by atoms with van der Waals surface area (Å²) in [5, 5.41) is 7.15. The molecule has 0 aromatic heterocycles. The van der Waals surface area contributed by atoms with Crippen molar-refractivity contribution in [1.82, 2.24) is 5.32 Å². The number of hydrogen-bond donors (Lipinski definition) is 2. The van der Waals surface area contributed by atoms with Crippen LogP contribution in [0.1, 0.15) is 24.5 Å². The summed E-state index contributed by atoms with van der Waals surface area (Å²) in [6.45, 7) is 5.82. The Bertz CT molecular complexity index is 393. The first-order chi connectivity index (χ1) is 8.69. The van der Waals surface area contributed by atoms with Crippen LogP contribution in [-0.2, 0) is 11.2 Å². The number of thiocarbonyl (C=S) groups is 1. The maximum Gasteiger partial charge on any atom is 0.170 e. The predicted octanol–water partition coefficient (Wildman–Crippen LogP) is 2.88. The second kappa shape index (κ2) is 8.06. The largest absolute Gasteiger partial charge is 0.385 e. The molecule has 0 spiro atoms. The van der Waals surface area contributed by atoms with Gasteiger partial charge in [0.15, 0.2) is 5.11 Å². The van der Waals surface area contributed by atoms with Crippen molar-refractivity contribution in [1.29, 1.82) is 0 Å². The van der Waals surface area contributed by atoms with Crippen LogP contribution in [-0.4, -0.2) is 25.4 Å². The molecule has 100 valence electrons. The average molecular weight is 266 g/mol. The van der Waals surface area contributed by atoms with Gasteiger partial charge in [-0.15, -0.1) is 0 Å². The maximum absolute atomic E-state index is 5.29. The zero-order valence-corrected chi connectivity index (χ0v) is 12.2. The van der Waals surface area contributed by atoms with Crippen LogP contribution in [0.15, 0.2) is 18.2 Å². The summed E-state index contributed by atoms with van der Waals surface area (Å²) in [4.78, 5) is 0.